The van der Waals surface area contributed by atoms with E-state index in [0.717, 1.165) is 6.07 Å². The fraction of sp³-hybridized carbons (Fsp3) is 0.105. The van der Waals surface area contributed by atoms with Crippen molar-refractivity contribution in [1.82, 2.24) is 0 Å². The number of benzene rings is 2. The Bertz CT molecular complexity index is 782. The second-order valence-electron chi connectivity index (χ2n) is 5.01. The van der Waals surface area contributed by atoms with Gasteiger partial charge in [-0.3, -0.25) is 9.69 Å². The lowest BCUT2D eigenvalue weighted by Crippen LogP contribution is -2.29. The number of allylic oxidation sites excluding steroid dienone is 3. The van der Waals surface area contributed by atoms with E-state index in [1.165, 1.54) is 54.5 Å². The Kier molecular flexibility index (Phi) is 5.47. The molecule has 0 bridgehead atoms. The number of carbonyl (C=O) groups is 1. The number of halogens is 2. The highest BCUT2D eigenvalue weighted by atomic mass is 19.1. The van der Waals surface area contributed by atoms with Gasteiger partial charge in [0.2, 0.25) is 0 Å². The van der Waals surface area contributed by atoms with Crippen LogP contribution in [0.15, 0.2) is 66.9 Å². The second-order valence-corrected chi connectivity index (χ2v) is 5.01. The molecular formula is C19H17F2NO2. The molecule has 0 fully saturated rings. The van der Waals surface area contributed by atoms with Gasteiger partial charge in [-0.25, -0.2) is 8.78 Å². The van der Waals surface area contributed by atoms with Crippen molar-refractivity contribution >= 4 is 11.6 Å². The second kappa shape index (κ2) is 7.55. The van der Waals surface area contributed by atoms with E-state index in [4.69, 9.17) is 4.74 Å². The number of rotatable bonds is 5. The van der Waals surface area contributed by atoms with Gasteiger partial charge in [-0.05, 0) is 55.5 Å². The first kappa shape index (κ1) is 17.4. The van der Waals surface area contributed by atoms with Crippen molar-refractivity contribution < 1.29 is 18.3 Å². The lowest BCUT2D eigenvalue weighted by molar-refractivity contribution is 0.0994. The van der Waals surface area contributed by atoms with Gasteiger partial charge in [0.05, 0.1) is 7.11 Å². The molecule has 3 nitrogen and oxygen atoms in total. The SMILES string of the molecule is C=C/C=C(\C)N(C(=O)c1ccc(OC)c(F)c1)c1ccc(F)cc1. The predicted octanol–water partition coefficient (Wildman–Crippen LogP) is 4.71. The molecule has 0 aliphatic carbocycles. The van der Waals surface area contributed by atoms with E-state index < -0.39 is 17.5 Å². The summed E-state index contributed by atoms with van der Waals surface area (Å²) in [5.41, 5.74) is 1.18. The highest BCUT2D eigenvalue weighted by molar-refractivity contribution is 6.08. The Morgan fingerprint density at radius 3 is 2.38 bits per heavy atom. The molecule has 0 atom stereocenters. The molecule has 124 valence electrons. The number of ether oxygens (including phenoxy) is 1. The molecule has 0 spiro atoms. The molecule has 24 heavy (non-hydrogen) atoms. The number of methoxy groups -OCH3 is 1. The van der Waals surface area contributed by atoms with E-state index in [2.05, 4.69) is 6.58 Å². The molecule has 0 aromatic heterocycles. The maximum atomic E-state index is 13.9. The Labute approximate surface area is 139 Å². The summed E-state index contributed by atoms with van der Waals surface area (Å²) in [5.74, 6) is -1.43. The standard InChI is InChI=1S/C19H17F2NO2/c1-4-5-13(2)22(16-9-7-15(20)8-10-16)19(23)14-6-11-18(24-3)17(21)12-14/h4-12H,1H2,2-3H3/b13-5+. The van der Waals surface area contributed by atoms with Crippen LogP contribution in [0.5, 0.6) is 5.75 Å². The fourth-order valence-electron chi connectivity index (χ4n) is 2.24. The van der Waals surface area contributed by atoms with E-state index in [1.807, 2.05) is 0 Å². The Balaban J connectivity index is 2.48. The summed E-state index contributed by atoms with van der Waals surface area (Å²) >= 11 is 0. The third-order valence-corrected chi connectivity index (χ3v) is 3.40. The van der Waals surface area contributed by atoms with Crippen LogP contribution in [0.3, 0.4) is 0 Å². The molecule has 1 amide bonds. The summed E-state index contributed by atoms with van der Waals surface area (Å²) in [5, 5.41) is 0. The largest absolute Gasteiger partial charge is 0.494 e. The molecule has 2 aromatic carbocycles. The molecular weight excluding hydrogens is 312 g/mol. The summed E-state index contributed by atoms with van der Waals surface area (Å²) in [6.07, 6.45) is 3.18. The first-order chi connectivity index (χ1) is 11.5. The Morgan fingerprint density at radius 1 is 1.17 bits per heavy atom. The summed E-state index contributed by atoms with van der Waals surface area (Å²) in [6.45, 7) is 5.32. The van der Waals surface area contributed by atoms with Crippen molar-refractivity contribution in [3.05, 3.63) is 84.1 Å². The monoisotopic (exact) mass is 329 g/mol. The lowest BCUT2D eigenvalue weighted by atomic mass is 10.1. The highest BCUT2D eigenvalue weighted by Gasteiger charge is 2.20. The molecule has 5 heteroatoms. The van der Waals surface area contributed by atoms with Crippen LogP contribution in [0.2, 0.25) is 0 Å². The molecule has 0 saturated carbocycles. The third kappa shape index (κ3) is 3.68. The van der Waals surface area contributed by atoms with Crippen molar-refractivity contribution in [3.63, 3.8) is 0 Å². The third-order valence-electron chi connectivity index (χ3n) is 3.40. The van der Waals surface area contributed by atoms with Crippen LogP contribution in [0.25, 0.3) is 0 Å². The molecule has 0 N–H and O–H groups in total. The van der Waals surface area contributed by atoms with E-state index in [-0.39, 0.29) is 11.3 Å². The van der Waals surface area contributed by atoms with Gasteiger partial charge in [0.25, 0.3) is 5.91 Å². The van der Waals surface area contributed by atoms with Crippen LogP contribution in [-0.4, -0.2) is 13.0 Å². The quantitative estimate of drug-likeness (QED) is 0.744. The van der Waals surface area contributed by atoms with Crippen molar-refractivity contribution in [2.45, 2.75) is 6.92 Å². The fourth-order valence-corrected chi connectivity index (χ4v) is 2.24. The Morgan fingerprint density at radius 2 is 1.83 bits per heavy atom. The van der Waals surface area contributed by atoms with Gasteiger partial charge in [0.15, 0.2) is 11.6 Å². The van der Waals surface area contributed by atoms with Crippen molar-refractivity contribution in [2.24, 2.45) is 0 Å². The normalized spacial score (nSPS) is 11.1. The van der Waals surface area contributed by atoms with Gasteiger partial charge < -0.3 is 4.74 Å². The van der Waals surface area contributed by atoms with Crippen LogP contribution in [0.1, 0.15) is 17.3 Å². The van der Waals surface area contributed by atoms with Crippen LogP contribution < -0.4 is 9.64 Å². The van der Waals surface area contributed by atoms with Gasteiger partial charge in [-0.1, -0.05) is 12.7 Å². The number of anilines is 1. The smallest absolute Gasteiger partial charge is 0.262 e. The van der Waals surface area contributed by atoms with Crippen molar-refractivity contribution in [3.8, 4) is 5.75 Å². The average Bonchev–Trinajstić information content (AvgIpc) is 2.57. The average molecular weight is 329 g/mol. The predicted molar refractivity (Wildman–Crippen MR) is 90.1 cm³/mol. The van der Waals surface area contributed by atoms with Crippen molar-refractivity contribution in [1.29, 1.82) is 0 Å². The van der Waals surface area contributed by atoms with Crippen LogP contribution in [0, 0.1) is 11.6 Å². The molecule has 0 unspecified atom stereocenters. The zero-order valence-electron chi connectivity index (χ0n) is 13.4. The van der Waals surface area contributed by atoms with Gasteiger partial charge in [-0.15, -0.1) is 0 Å². The zero-order valence-corrected chi connectivity index (χ0v) is 13.4. The van der Waals surface area contributed by atoms with E-state index in [0.29, 0.717) is 11.4 Å². The minimum absolute atomic E-state index is 0.0539. The van der Waals surface area contributed by atoms with E-state index >= 15 is 0 Å². The molecule has 2 rings (SSSR count). The maximum absolute atomic E-state index is 13.9. The summed E-state index contributed by atoms with van der Waals surface area (Å²) in [7, 11) is 1.35. The van der Waals surface area contributed by atoms with Gasteiger partial charge >= 0.3 is 0 Å². The highest BCUT2D eigenvalue weighted by Crippen LogP contribution is 2.25. The summed E-state index contributed by atoms with van der Waals surface area (Å²) in [4.78, 5) is 14.2. The molecule has 0 aliphatic heterocycles. The molecule has 0 aliphatic rings. The molecule has 0 radical (unpaired) electrons. The van der Waals surface area contributed by atoms with E-state index in [9.17, 15) is 13.6 Å². The molecule has 0 heterocycles. The minimum Gasteiger partial charge on any atom is -0.494 e. The van der Waals surface area contributed by atoms with Gasteiger partial charge in [0.1, 0.15) is 5.82 Å². The first-order valence-electron chi connectivity index (χ1n) is 7.20. The minimum atomic E-state index is -0.632. The lowest BCUT2D eigenvalue weighted by Gasteiger charge is -2.23. The van der Waals surface area contributed by atoms with Crippen LogP contribution >= 0.6 is 0 Å². The van der Waals surface area contributed by atoms with Crippen LogP contribution in [-0.2, 0) is 0 Å². The topological polar surface area (TPSA) is 29.5 Å². The number of amides is 1. The number of hydrogen-bond donors (Lipinski definition) is 0. The molecule has 2 aromatic rings. The first-order valence-corrected chi connectivity index (χ1v) is 7.20. The summed E-state index contributed by atoms with van der Waals surface area (Å²) < 4.78 is 31.9. The van der Waals surface area contributed by atoms with Crippen LogP contribution in [0.4, 0.5) is 14.5 Å². The van der Waals surface area contributed by atoms with E-state index in [1.54, 1.807) is 13.0 Å². The summed E-state index contributed by atoms with van der Waals surface area (Å²) in [6, 6.07) is 9.44. The van der Waals surface area contributed by atoms with Crippen molar-refractivity contribution in [2.75, 3.05) is 12.0 Å². The van der Waals surface area contributed by atoms with Gasteiger partial charge in [-0.2, -0.15) is 0 Å². The number of nitrogens with zero attached hydrogens (tertiary/aromatic N) is 1. The number of carbonyl (C=O) groups excluding carboxylic acids is 1. The Hall–Kier alpha value is -2.95. The van der Waals surface area contributed by atoms with Gasteiger partial charge in [0, 0.05) is 16.9 Å². The maximum Gasteiger partial charge on any atom is 0.262 e. The zero-order chi connectivity index (χ0) is 17.7. The number of hydrogen-bond acceptors (Lipinski definition) is 2. The molecule has 0 saturated heterocycles.